The third-order valence-electron chi connectivity index (χ3n) is 2.55. The molecule has 2 aromatic heterocycles. The van der Waals surface area contributed by atoms with Gasteiger partial charge in [0.25, 0.3) is 0 Å². The molecule has 0 aliphatic heterocycles. The van der Waals surface area contributed by atoms with Crippen LogP contribution in [-0.2, 0) is 13.2 Å². The fourth-order valence-corrected chi connectivity index (χ4v) is 1.62. The van der Waals surface area contributed by atoms with E-state index in [0.29, 0.717) is 21.7 Å². The largest absolute Gasteiger partial charge is 0.481 e. The molecule has 0 unspecified atom stereocenters. The van der Waals surface area contributed by atoms with E-state index in [1.165, 1.54) is 20.4 Å². The van der Waals surface area contributed by atoms with Gasteiger partial charge < -0.3 is 4.74 Å². The van der Waals surface area contributed by atoms with Gasteiger partial charge in [0, 0.05) is 24.9 Å². The van der Waals surface area contributed by atoms with Crippen molar-refractivity contribution in [1.29, 1.82) is 0 Å². The minimum atomic E-state index is -4.53. The summed E-state index contributed by atoms with van der Waals surface area (Å²) in [6.45, 7) is 1.73. The zero-order valence-electron chi connectivity index (χ0n) is 10.5. The molecule has 0 aromatic carbocycles. The number of methoxy groups -OCH3 is 1. The lowest BCUT2D eigenvalue weighted by Crippen LogP contribution is -2.13. The van der Waals surface area contributed by atoms with Crippen molar-refractivity contribution in [3.8, 4) is 17.3 Å². The van der Waals surface area contributed by atoms with E-state index in [1.807, 2.05) is 0 Å². The second-order valence-corrected chi connectivity index (χ2v) is 3.92. The number of hydrogen-bond donors (Lipinski definition) is 0. The quantitative estimate of drug-likeness (QED) is 0.841. The highest BCUT2D eigenvalue weighted by Crippen LogP contribution is 2.30. The average Bonchev–Trinajstić information content (AvgIpc) is 2.70. The summed E-state index contributed by atoms with van der Waals surface area (Å²) >= 11 is 0. The standard InChI is InChI=1S/C11H11F3N4O/c1-6-4-8(19-3)15-5-7(6)9-16-10(11(12,13)14)18(2)17-9/h4-5H,1-3H3. The Hall–Kier alpha value is -2.12. The smallest absolute Gasteiger partial charge is 0.451 e. The topological polar surface area (TPSA) is 52.8 Å². The van der Waals surface area contributed by atoms with Crippen LogP contribution in [0.5, 0.6) is 5.88 Å². The van der Waals surface area contributed by atoms with Crippen LogP contribution in [0.25, 0.3) is 11.4 Å². The molecule has 102 valence electrons. The molecule has 0 aliphatic rings. The van der Waals surface area contributed by atoms with E-state index < -0.39 is 12.0 Å². The van der Waals surface area contributed by atoms with Gasteiger partial charge in [0.1, 0.15) is 0 Å². The van der Waals surface area contributed by atoms with Crippen LogP contribution in [0.15, 0.2) is 12.3 Å². The highest BCUT2D eigenvalue weighted by atomic mass is 19.4. The number of rotatable bonds is 2. The predicted molar refractivity (Wildman–Crippen MR) is 60.5 cm³/mol. The Balaban J connectivity index is 2.49. The molecule has 0 radical (unpaired) electrons. The molecule has 0 aliphatic carbocycles. The Kier molecular flexibility index (Phi) is 3.17. The number of alkyl halides is 3. The van der Waals surface area contributed by atoms with Crippen molar-refractivity contribution >= 4 is 0 Å². The van der Waals surface area contributed by atoms with Crippen molar-refractivity contribution in [2.45, 2.75) is 13.1 Å². The van der Waals surface area contributed by atoms with Gasteiger partial charge in [-0.2, -0.15) is 18.3 Å². The molecule has 0 N–H and O–H groups in total. The van der Waals surface area contributed by atoms with Gasteiger partial charge in [-0.3, -0.25) is 0 Å². The molecule has 0 saturated carbocycles. The van der Waals surface area contributed by atoms with Crippen LogP contribution in [0.2, 0.25) is 0 Å². The molecule has 0 fully saturated rings. The summed E-state index contributed by atoms with van der Waals surface area (Å²) in [7, 11) is 2.66. The molecule has 2 rings (SSSR count). The minimum Gasteiger partial charge on any atom is -0.481 e. The summed E-state index contributed by atoms with van der Waals surface area (Å²) < 4.78 is 43.6. The van der Waals surface area contributed by atoms with Gasteiger partial charge in [0.2, 0.25) is 11.7 Å². The second kappa shape index (κ2) is 4.52. The fraction of sp³-hybridized carbons (Fsp3) is 0.364. The number of ether oxygens (including phenoxy) is 1. The maximum atomic E-state index is 12.6. The Morgan fingerprint density at radius 3 is 2.47 bits per heavy atom. The van der Waals surface area contributed by atoms with Crippen LogP contribution >= 0.6 is 0 Å². The molecule has 0 spiro atoms. The zero-order valence-corrected chi connectivity index (χ0v) is 10.5. The molecule has 19 heavy (non-hydrogen) atoms. The molecule has 2 aromatic rings. The van der Waals surface area contributed by atoms with E-state index >= 15 is 0 Å². The first-order chi connectivity index (χ1) is 8.82. The first-order valence-corrected chi connectivity index (χ1v) is 5.32. The van der Waals surface area contributed by atoms with Gasteiger partial charge in [-0.25, -0.2) is 14.6 Å². The highest BCUT2D eigenvalue weighted by molar-refractivity contribution is 5.59. The van der Waals surface area contributed by atoms with E-state index in [9.17, 15) is 13.2 Å². The maximum Gasteiger partial charge on any atom is 0.451 e. The molecule has 5 nitrogen and oxygen atoms in total. The Labute approximate surface area is 107 Å². The number of nitrogens with zero attached hydrogens (tertiary/aromatic N) is 4. The van der Waals surface area contributed by atoms with Gasteiger partial charge in [0.05, 0.1) is 7.11 Å². The van der Waals surface area contributed by atoms with E-state index in [2.05, 4.69) is 15.1 Å². The van der Waals surface area contributed by atoms with Crippen molar-refractivity contribution in [3.05, 3.63) is 23.7 Å². The third-order valence-corrected chi connectivity index (χ3v) is 2.55. The number of halogens is 3. The van der Waals surface area contributed by atoms with Gasteiger partial charge in [-0.1, -0.05) is 0 Å². The fourth-order valence-electron chi connectivity index (χ4n) is 1.62. The number of pyridine rings is 1. The van der Waals surface area contributed by atoms with E-state index in [1.54, 1.807) is 13.0 Å². The lowest BCUT2D eigenvalue weighted by atomic mass is 10.1. The van der Waals surface area contributed by atoms with E-state index in [-0.39, 0.29) is 5.82 Å². The molecule has 0 saturated heterocycles. The van der Waals surface area contributed by atoms with Crippen LogP contribution < -0.4 is 4.74 Å². The Bertz CT molecular complexity index is 606. The monoisotopic (exact) mass is 272 g/mol. The summed E-state index contributed by atoms with van der Waals surface area (Å²) in [6.07, 6.45) is -3.14. The number of aromatic nitrogens is 4. The minimum absolute atomic E-state index is 0.0116. The molecule has 0 bridgehead atoms. The van der Waals surface area contributed by atoms with E-state index in [4.69, 9.17) is 4.74 Å². The van der Waals surface area contributed by atoms with Gasteiger partial charge in [-0.15, -0.1) is 0 Å². The van der Waals surface area contributed by atoms with Crippen LogP contribution in [0.3, 0.4) is 0 Å². The normalized spacial score (nSPS) is 11.7. The van der Waals surface area contributed by atoms with Crippen molar-refractivity contribution in [2.75, 3.05) is 7.11 Å². The van der Waals surface area contributed by atoms with Gasteiger partial charge >= 0.3 is 6.18 Å². The molecule has 0 amide bonds. The Morgan fingerprint density at radius 1 is 1.32 bits per heavy atom. The second-order valence-electron chi connectivity index (χ2n) is 3.92. The number of hydrogen-bond acceptors (Lipinski definition) is 4. The molecule has 0 atom stereocenters. The molecule has 8 heteroatoms. The summed E-state index contributed by atoms with van der Waals surface area (Å²) in [4.78, 5) is 7.46. The van der Waals surface area contributed by atoms with Crippen LogP contribution in [0.4, 0.5) is 13.2 Å². The van der Waals surface area contributed by atoms with E-state index in [0.717, 1.165) is 0 Å². The van der Waals surface area contributed by atoms with Crippen molar-refractivity contribution in [2.24, 2.45) is 7.05 Å². The average molecular weight is 272 g/mol. The van der Waals surface area contributed by atoms with Crippen molar-refractivity contribution < 1.29 is 17.9 Å². The Morgan fingerprint density at radius 2 is 2.00 bits per heavy atom. The van der Waals surface area contributed by atoms with Gasteiger partial charge in [-0.05, 0) is 12.5 Å². The lowest BCUT2D eigenvalue weighted by Gasteiger charge is -2.03. The van der Waals surface area contributed by atoms with Crippen molar-refractivity contribution in [1.82, 2.24) is 19.7 Å². The zero-order chi connectivity index (χ0) is 14.2. The third kappa shape index (κ3) is 2.51. The molecule has 2 heterocycles. The van der Waals surface area contributed by atoms with Crippen molar-refractivity contribution in [3.63, 3.8) is 0 Å². The SMILES string of the molecule is COc1cc(C)c(-c2nc(C(F)(F)F)n(C)n2)cn1. The predicted octanol–water partition coefficient (Wildman–Crippen LogP) is 2.21. The maximum absolute atomic E-state index is 12.6. The number of aryl methyl sites for hydroxylation is 2. The van der Waals surface area contributed by atoms with Crippen LogP contribution in [-0.4, -0.2) is 26.9 Å². The van der Waals surface area contributed by atoms with Crippen LogP contribution in [0, 0.1) is 6.92 Å². The van der Waals surface area contributed by atoms with Crippen LogP contribution in [0.1, 0.15) is 11.4 Å². The summed E-state index contributed by atoms with van der Waals surface area (Å²) in [5, 5.41) is 3.77. The first kappa shape index (κ1) is 13.3. The van der Waals surface area contributed by atoms with Gasteiger partial charge in [0.15, 0.2) is 5.82 Å². The highest BCUT2D eigenvalue weighted by Gasteiger charge is 2.37. The summed E-state index contributed by atoms with van der Waals surface area (Å²) in [5.74, 6) is -0.673. The first-order valence-electron chi connectivity index (χ1n) is 5.32. The molecular formula is C11H11F3N4O. The summed E-state index contributed by atoms with van der Waals surface area (Å²) in [6, 6.07) is 1.61. The summed E-state index contributed by atoms with van der Waals surface area (Å²) in [5.41, 5.74) is 1.12. The lowest BCUT2D eigenvalue weighted by molar-refractivity contribution is -0.147. The molecular weight excluding hydrogens is 261 g/mol.